The lowest BCUT2D eigenvalue weighted by Crippen LogP contribution is -2.12. The van der Waals surface area contributed by atoms with Gasteiger partial charge in [-0.1, -0.05) is 26.1 Å². The smallest absolute Gasteiger partial charge is 0.135 e. The zero-order valence-electron chi connectivity index (χ0n) is 9.59. The first-order valence-corrected chi connectivity index (χ1v) is 5.74. The third-order valence-corrected chi connectivity index (χ3v) is 2.51. The van der Waals surface area contributed by atoms with E-state index in [2.05, 4.69) is 19.2 Å². The van der Waals surface area contributed by atoms with Gasteiger partial charge in [0.15, 0.2) is 0 Å². The number of nitrogens with one attached hydrogen (secondary N) is 1. The van der Waals surface area contributed by atoms with Gasteiger partial charge in [-0.3, -0.25) is 0 Å². The normalized spacial score (nSPS) is 10.5. The predicted molar refractivity (Wildman–Crippen MR) is 70.2 cm³/mol. The SMILES string of the molecule is CC(C)CCNc1ccc(C(N)=S)c(F)c1. The lowest BCUT2D eigenvalue weighted by molar-refractivity contribution is 0.606. The van der Waals surface area contributed by atoms with E-state index < -0.39 is 0 Å². The van der Waals surface area contributed by atoms with Crippen molar-refractivity contribution in [1.82, 2.24) is 0 Å². The first kappa shape index (κ1) is 12.9. The van der Waals surface area contributed by atoms with Gasteiger partial charge in [-0.15, -0.1) is 0 Å². The molecular weight excluding hydrogens is 223 g/mol. The van der Waals surface area contributed by atoms with E-state index in [9.17, 15) is 4.39 Å². The van der Waals surface area contributed by atoms with Crippen LogP contribution in [-0.2, 0) is 0 Å². The molecule has 0 saturated carbocycles. The number of hydrogen-bond acceptors (Lipinski definition) is 2. The van der Waals surface area contributed by atoms with E-state index >= 15 is 0 Å². The summed E-state index contributed by atoms with van der Waals surface area (Å²) in [5.74, 6) is 0.260. The van der Waals surface area contributed by atoms with Gasteiger partial charge in [-0.05, 0) is 30.5 Å². The fraction of sp³-hybridized carbons (Fsp3) is 0.417. The summed E-state index contributed by atoms with van der Waals surface area (Å²) in [6, 6.07) is 4.82. The van der Waals surface area contributed by atoms with Crippen molar-refractivity contribution in [3.63, 3.8) is 0 Å². The zero-order chi connectivity index (χ0) is 12.1. The van der Waals surface area contributed by atoms with E-state index in [1.807, 2.05) is 0 Å². The molecule has 0 aromatic heterocycles. The summed E-state index contributed by atoms with van der Waals surface area (Å²) >= 11 is 4.73. The first-order valence-electron chi connectivity index (χ1n) is 5.34. The van der Waals surface area contributed by atoms with Crippen LogP contribution in [0.25, 0.3) is 0 Å². The van der Waals surface area contributed by atoms with Crippen LogP contribution in [0.2, 0.25) is 0 Å². The van der Waals surface area contributed by atoms with Crippen molar-refractivity contribution < 1.29 is 4.39 Å². The molecule has 1 aromatic carbocycles. The summed E-state index contributed by atoms with van der Waals surface area (Å²) in [7, 11) is 0. The number of rotatable bonds is 5. The predicted octanol–water partition coefficient (Wildman–Crippen LogP) is 2.92. The molecular formula is C12H17FN2S. The minimum atomic E-state index is -0.373. The molecule has 88 valence electrons. The first-order chi connectivity index (χ1) is 7.50. The average molecular weight is 240 g/mol. The minimum Gasteiger partial charge on any atom is -0.389 e. The van der Waals surface area contributed by atoms with Crippen LogP contribution in [0.3, 0.4) is 0 Å². The monoisotopic (exact) mass is 240 g/mol. The largest absolute Gasteiger partial charge is 0.389 e. The molecule has 0 aliphatic carbocycles. The van der Waals surface area contributed by atoms with Crippen molar-refractivity contribution in [1.29, 1.82) is 0 Å². The van der Waals surface area contributed by atoms with Crippen LogP contribution in [0.4, 0.5) is 10.1 Å². The highest BCUT2D eigenvalue weighted by molar-refractivity contribution is 7.80. The minimum absolute atomic E-state index is 0.0891. The van der Waals surface area contributed by atoms with Crippen molar-refractivity contribution in [2.45, 2.75) is 20.3 Å². The van der Waals surface area contributed by atoms with E-state index in [4.69, 9.17) is 18.0 Å². The quantitative estimate of drug-likeness (QED) is 0.777. The molecule has 0 radical (unpaired) electrons. The van der Waals surface area contributed by atoms with Gasteiger partial charge in [0.1, 0.15) is 10.8 Å². The van der Waals surface area contributed by atoms with Gasteiger partial charge in [0.2, 0.25) is 0 Å². The fourth-order valence-corrected chi connectivity index (χ4v) is 1.50. The van der Waals surface area contributed by atoms with E-state index in [1.54, 1.807) is 12.1 Å². The molecule has 0 unspecified atom stereocenters. The Balaban J connectivity index is 2.63. The van der Waals surface area contributed by atoms with Crippen molar-refractivity contribution in [2.24, 2.45) is 11.7 Å². The number of thiocarbonyl (C=S) groups is 1. The maximum atomic E-state index is 13.5. The van der Waals surface area contributed by atoms with E-state index in [0.29, 0.717) is 11.5 Å². The van der Waals surface area contributed by atoms with Crippen molar-refractivity contribution >= 4 is 22.9 Å². The molecule has 0 aliphatic heterocycles. The van der Waals surface area contributed by atoms with Crippen molar-refractivity contribution in [3.05, 3.63) is 29.6 Å². The molecule has 2 nitrogen and oxygen atoms in total. The molecule has 1 aromatic rings. The van der Waals surface area contributed by atoms with Crippen LogP contribution in [0.1, 0.15) is 25.8 Å². The third-order valence-electron chi connectivity index (χ3n) is 2.29. The van der Waals surface area contributed by atoms with Crippen LogP contribution in [0, 0.1) is 11.7 Å². The Morgan fingerprint density at radius 3 is 2.69 bits per heavy atom. The fourth-order valence-electron chi connectivity index (χ4n) is 1.33. The van der Waals surface area contributed by atoms with E-state index in [0.717, 1.165) is 18.7 Å². The molecule has 0 saturated heterocycles. The lowest BCUT2D eigenvalue weighted by Gasteiger charge is -2.09. The molecule has 1 rings (SSSR count). The molecule has 4 heteroatoms. The standard InChI is InChI=1S/C12H17FN2S/c1-8(2)5-6-15-9-3-4-10(12(14)16)11(13)7-9/h3-4,7-8,15H,5-6H2,1-2H3,(H2,14,16). The van der Waals surface area contributed by atoms with Gasteiger partial charge < -0.3 is 11.1 Å². The Bertz CT molecular complexity index is 377. The highest BCUT2D eigenvalue weighted by Crippen LogP contribution is 2.14. The molecule has 0 fully saturated rings. The maximum absolute atomic E-state index is 13.5. The molecule has 0 heterocycles. The van der Waals surface area contributed by atoms with Crippen molar-refractivity contribution in [3.8, 4) is 0 Å². The summed E-state index contributed by atoms with van der Waals surface area (Å²) in [4.78, 5) is 0.0891. The molecule has 0 amide bonds. The number of nitrogens with two attached hydrogens (primary N) is 1. The Labute approximate surface area is 101 Å². The van der Waals surface area contributed by atoms with Gasteiger partial charge in [-0.25, -0.2) is 4.39 Å². The van der Waals surface area contributed by atoms with Crippen LogP contribution >= 0.6 is 12.2 Å². The van der Waals surface area contributed by atoms with Crippen LogP contribution in [0.15, 0.2) is 18.2 Å². The molecule has 0 atom stereocenters. The molecule has 0 spiro atoms. The summed E-state index contributed by atoms with van der Waals surface area (Å²) < 4.78 is 13.5. The second kappa shape index (κ2) is 5.80. The van der Waals surface area contributed by atoms with Gasteiger partial charge in [-0.2, -0.15) is 0 Å². The Kier molecular flexibility index (Phi) is 4.68. The van der Waals surface area contributed by atoms with Crippen LogP contribution in [0.5, 0.6) is 0 Å². The molecule has 0 bridgehead atoms. The highest BCUT2D eigenvalue weighted by atomic mass is 32.1. The summed E-state index contributed by atoms with van der Waals surface area (Å²) in [6.07, 6.45) is 1.05. The number of benzene rings is 1. The summed E-state index contributed by atoms with van der Waals surface area (Å²) in [6.45, 7) is 5.14. The Hall–Kier alpha value is -1.16. The van der Waals surface area contributed by atoms with Gasteiger partial charge in [0.25, 0.3) is 0 Å². The van der Waals surface area contributed by atoms with Crippen LogP contribution in [-0.4, -0.2) is 11.5 Å². The Morgan fingerprint density at radius 1 is 1.50 bits per heavy atom. The van der Waals surface area contributed by atoms with E-state index in [1.165, 1.54) is 6.07 Å². The second-order valence-corrected chi connectivity index (χ2v) is 4.61. The molecule has 3 N–H and O–H groups in total. The van der Waals surface area contributed by atoms with Crippen molar-refractivity contribution in [2.75, 3.05) is 11.9 Å². The highest BCUT2D eigenvalue weighted by Gasteiger charge is 2.05. The maximum Gasteiger partial charge on any atom is 0.135 e. The Morgan fingerprint density at radius 2 is 2.19 bits per heavy atom. The zero-order valence-corrected chi connectivity index (χ0v) is 10.4. The number of halogens is 1. The second-order valence-electron chi connectivity index (χ2n) is 4.17. The van der Waals surface area contributed by atoms with E-state index in [-0.39, 0.29) is 10.8 Å². The van der Waals surface area contributed by atoms with Crippen LogP contribution < -0.4 is 11.1 Å². The number of anilines is 1. The summed E-state index contributed by atoms with van der Waals surface area (Å²) in [5.41, 5.74) is 6.43. The lowest BCUT2D eigenvalue weighted by atomic mass is 10.1. The molecule has 0 aliphatic rings. The van der Waals surface area contributed by atoms with Gasteiger partial charge >= 0.3 is 0 Å². The topological polar surface area (TPSA) is 38.0 Å². The summed E-state index contributed by atoms with van der Waals surface area (Å²) in [5, 5.41) is 3.16. The number of hydrogen-bond donors (Lipinski definition) is 2. The molecule has 16 heavy (non-hydrogen) atoms. The van der Waals surface area contributed by atoms with Gasteiger partial charge in [0.05, 0.1) is 0 Å². The third kappa shape index (κ3) is 3.77. The van der Waals surface area contributed by atoms with Gasteiger partial charge in [0, 0.05) is 17.8 Å². The average Bonchev–Trinajstić information content (AvgIpc) is 2.16.